The van der Waals surface area contributed by atoms with E-state index >= 15 is 0 Å². The third-order valence-corrected chi connectivity index (χ3v) is 4.11. The number of anilines is 2. The Hall–Kier alpha value is -3.02. The summed E-state index contributed by atoms with van der Waals surface area (Å²) in [5.74, 6) is 0.603. The van der Waals surface area contributed by atoms with Crippen molar-refractivity contribution in [2.45, 2.75) is 25.9 Å². The molecule has 1 aromatic heterocycles. The summed E-state index contributed by atoms with van der Waals surface area (Å²) in [5, 5.41) is 6.48. The van der Waals surface area contributed by atoms with Gasteiger partial charge in [-0.1, -0.05) is 24.3 Å². The number of hydrogen-bond donors (Lipinski definition) is 2. The predicted octanol–water partition coefficient (Wildman–Crippen LogP) is 5.10. The van der Waals surface area contributed by atoms with Crippen molar-refractivity contribution in [1.29, 1.82) is 0 Å². The van der Waals surface area contributed by atoms with Crippen molar-refractivity contribution in [3.8, 4) is 0 Å². The maximum Gasteiger partial charge on any atom is 0.225 e. The molecular weight excluding hydrogens is 334 g/mol. The zero-order valence-electron chi connectivity index (χ0n) is 14.6. The average Bonchev–Trinajstić information content (AvgIpc) is 2.63. The summed E-state index contributed by atoms with van der Waals surface area (Å²) >= 11 is 0. The Morgan fingerprint density at radius 2 is 1.23 bits per heavy atom. The molecule has 3 aromatic rings. The molecule has 2 aromatic carbocycles. The van der Waals surface area contributed by atoms with Crippen molar-refractivity contribution < 1.29 is 8.78 Å². The highest BCUT2D eigenvalue weighted by molar-refractivity contribution is 5.43. The Morgan fingerprint density at radius 1 is 0.731 bits per heavy atom. The topological polar surface area (TPSA) is 49.8 Å². The first-order chi connectivity index (χ1) is 12.5. The number of aromatic nitrogens is 2. The van der Waals surface area contributed by atoms with E-state index in [0.717, 1.165) is 11.1 Å². The van der Waals surface area contributed by atoms with Gasteiger partial charge in [0.25, 0.3) is 0 Å². The van der Waals surface area contributed by atoms with Gasteiger partial charge in [-0.05, 0) is 55.3 Å². The van der Waals surface area contributed by atoms with E-state index in [1.807, 2.05) is 13.8 Å². The van der Waals surface area contributed by atoms with Gasteiger partial charge in [-0.2, -0.15) is 4.98 Å². The summed E-state index contributed by atoms with van der Waals surface area (Å²) in [6.45, 7) is 3.93. The molecule has 1 heterocycles. The van der Waals surface area contributed by atoms with Crippen molar-refractivity contribution in [2.24, 2.45) is 0 Å². The predicted molar refractivity (Wildman–Crippen MR) is 98.9 cm³/mol. The number of benzene rings is 2. The Morgan fingerprint density at radius 3 is 1.77 bits per heavy atom. The van der Waals surface area contributed by atoms with Crippen LogP contribution in [-0.4, -0.2) is 9.97 Å². The fourth-order valence-corrected chi connectivity index (χ4v) is 2.59. The first-order valence-corrected chi connectivity index (χ1v) is 8.38. The van der Waals surface area contributed by atoms with E-state index < -0.39 is 0 Å². The van der Waals surface area contributed by atoms with Crippen LogP contribution >= 0.6 is 0 Å². The van der Waals surface area contributed by atoms with Crippen molar-refractivity contribution in [2.75, 3.05) is 10.6 Å². The minimum Gasteiger partial charge on any atom is -0.363 e. The van der Waals surface area contributed by atoms with Crippen LogP contribution in [-0.2, 0) is 0 Å². The first kappa shape index (κ1) is 17.8. The lowest BCUT2D eigenvalue weighted by atomic mass is 10.1. The second-order valence-electron chi connectivity index (χ2n) is 6.10. The molecule has 0 aliphatic heterocycles. The Labute approximate surface area is 151 Å². The van der Waals surface area contributed by atoms with Crippen LogP contribution in [0.5, 0.6) is 0 Å². The van der Waals surface area contributed by atoms with Gasteiger partial charge in [0.1, 0.15) is 17.5 Å². The van der Waals surface area contributed by atoms with E-state index in [1.165, 1.54) is 24.3 Å². The third-order valence-electron chi connectivity index (χ3n) is 4.11. The summed E-state index contributed by atoms with van der Waals surface area (Å²) in [6, 6.07) is 14.3. The van der Waals surface area contributed by atoms with Gasteiger partial charge >= 0.3 is 0 Å². The van der Waals surface area contributed by atoms with Crippen LogP contribution in [0.3, 0.4) is 0 Å². The molecule has 2 N–H and O–H groups in total. The first-order valence-electron chi connectivity index (χ1n) is 8.38. The maximum absolute atomic E-state index is 13.0. The highest BCUT2D eigenvalue weighted by Crippen LogP contribution is 2.21. The van der Waals surface area contributed by atoms with E-state index in [9.17, 15) is 8.78 Å². The van der Waals surface area contributed by atoms with Crippen LogP contribution < -0.4 is 10.6 Å². The summed E-state index contributed by atoms with van der Waals surface area (Å²) in [7, 11) is 0. The average molecular weight is 354 g/mol. The fraction of sp³-hybridized carbons (Fsp3) is 0.200. The largest absolute Gasteiger partial charge is 0.363 e. The van der Waals surface area contributed by atoms with Crippen molar-refractivity contribution >= 4 is 11.8 Å². The molecule has 6 heteroatoms. The number of hydrogen-bond acceptors (Lipinski definition) is 4. The molecule has 0 fully saturated rings. The minimum atomic E-state index is -0.266. The van der Waals surface area contributed by atoms with Crippen molar-refractivity contribution in [1.82, 2.24) is 9.97 Å². The minimum absolute atomic E-state index is 0.0344. The zero-order chi connectivity index (χ0) is 18.5. The summed E-state index contributed by atoms with van der Waals surface area (Å²) in [4.78, 5) is 8.69. The normalized spacial score (nSPS) is 13.1. The quantitative estimate of drug-likeness (QED) is 0.646. The number of nitrogens with one attached hydrogen (secondary N) is 2. The number of halogens is 2. The van der Waals surface area contributed by atoms with Crippen LogP contribution in [0.15, 0.2) is 60.8 Å². The molecule has 0 saturated heterocycles. The maximum atomic E-state index is 13.0. The lowest BCUT2D eigenvalue weighted by molar-refractivity contribution is 0.626. The SMILES string of the molecule is CC(Nc1ccnc(NC(C)c2ccc(F)cc2)n1)c1ccc(F)cc1. The van der Waals surface area contributed by atoms with Crippen LogP contribution in [0.2, 0.25) is 0 Å². The van der Waals surface area contributed by atoms with Gasteiger partial charge in [-0.25, -0.2) is 13.8 Å². The third kappa shape index (κ3) is 4.53. The van der Waals surface area contributed by atoms with Gasteiger partial charge in [-0.15, -0.1) is 0 Å². The Kier molecular flexibility index (Phi) is 5.41. The summed E-state index contributed by atoms with van der Waals surface area (Å²) in [6.07, 6.45) is 1.66. The van der Waals surface area contributed by atoms with E-state index in [0.29, 0.717) is 11.8 Å². The lowest BCUT2D eigenvalue weighted by Gasteiger charge is -2.17. The lowest BCUT2D eigenvalue weighted by Crippen LogP contribution is -2.12. The van der Waals surface area contributed by atoms with Crippen molar-refractivity contribution in [3.05, 3.63) is 83.6 Å². The van der Waals surface area contributed by atoms with E-state index in [1.54, 1.807) is 36.5 Å². The van der Waals surface area contributed by atoms with Crippen LogP contribution in [0.25, 0.3) is 0 Å². The molecule has 134 valence electrons. The molecule has 0 bridgehead atoms. The number of rotatable bonds is 6. The molecular formula is C20H20F2N4. The van der Waals surface area contributed by atoms with Crippen molar-refractivity contribution in [3.63, 3.8) is 0 Å². The van der Waals surface area contributed by atoms with E-state index in [-0.39, 0.29) is 23.7 Å². The molecule has 0 saturated carbocycles. The second-order valence-corrected chi connectivity index (χ2v) is 6.10. The van der Waals surface area contributed by atoms with Gasteiger partial charge in [0, 0.05) is 12.2 Å². The number of nitrogens with zero attached hydrogens (tertiary/aromatic N) is 2. The molecule has 0 spiro atoms. The Bertz CT molecular complexity index is 782. The van der Waals surface area contributed by atoms with Gasteiger partial charge in [0.15, 0.2) is 0 Å². The van der Waals surface area contributed by atoms with Gasteiger partial charge < -0.3 is 10.6 Å². The molecule has 3 rings (SSSR count). The summed E-state index contributed by atoms with van der Waals surface area (Å²) in [5.41, 5.74) is 1.90. The second kappa shape index (κ2) is 7.91. The standard InChI is InChI=1S/C20H20F2N4/c1-13(15-3-7-17(21)8-4-15)24-19-11-12-23-20(26-19)25-14(2)16-5-9-18(22)10-6-16/h3-14H,1-2H3,(H2,23,24,25,26). The molecule has 2 atom stereocenters. The van der Waals surface area contributed by atoms with Crippen LogP contribution in [0.4, 0.5) is 20.5 Å². The molecule has 4 nitrogen and oxygen atoms in total. The molecule has 0 aliphatic carbocycles. The highest BCUT2D eigenvalue weighted by atomic mass is 19.1. The molecule has 26 heavy (non-hydrogen) atoms. The molecule has 0 amide bonds. The Balaban J connectivity index is 1.67. The molecule has 0 aliphatic rings. The highest BCUT2D eigenvalue weighted by Gasteiger charge is 2.10. The monoisotopic (exact) mass is 354 g/mol. The van der Waals surface area contributed by atoms with Gasteiger partial charge in [0.2, 0.25) is 5.95 Å². The van der Waals surface area contributed by atoms with Gasteiger partial charge in [0.05, 0.1) is 6.04 Å². The van der Waals surface area contributed by atoms with E-state index in [2.05, 4.69) is 20.6 Å². The van der Waals surface area contributed by atoms with E-state index in [4.69, 9.17) is 0 Å². The summed E-state index contributed by atoms with van der Waals surface area (Å²) < 4.78 is 26.1. The van der Waals surface area contributed by atoms with Crippen LogP contribution in [0, 0.1) is 11.6 Å². The molecule has 2 unspecified atom stereocenters. The van der Waals surface area contributed by atoms with Gasteiger partial charge in [-0.3, -0.25) is 0 Å². The fourth-order valence-electron chi connectivity index (χ4n) is 2.59. The zero-order valence-corrected chi connectivity index (χ0v) is 14.6. The smallest absolute Gasteiger partial charge is 0.225 e. The molecule has 0 radical (unpaired) electrons. The van der Waals surface area contributed by atoms with Crippen LogP contribution in [0.1, 0.15) is 37.1 Å².